The van der Waals surface area contributed by atoms with E-state index in [1.165, 1.54) is 18.5 Å². The number of carbonyl (C=O) groups is 1. The zero-order valence-corrected chi connectivity index (χ0v) is 16.4. The summed E-state index contributed by atoms with van der Waals surface area (Å²) >= 11 is 0. The van der Waals surface area contributed by atoms with Crippen molar-refractivity contribution in [2.24, 2.45) is 21.6 Å². The molecule has 0 atom stereocenters. The molecule has 2 aliphatic rings. The maximum absolute atomic E-state index is 14.9. The molecule has 0 aliphatic carbocycles. The van der Waals surface area contributed by atoms with E-state index in [9.17, 15) is 9.18 Å². The Labute approximate surface area is 176 Å². The highest BCUT2D eigenvalue weighted by molar-refractivity contribution is 5.98. The van der Waals surface area contributed by atoms with E-state index in [1.807, 2.05) is 4.90 Å². The van der Waals surface area contributed by atoms with Crippen molar-refractivity contribution in [2.45, 2.75) is 12.7 Å². The number of aromatic nitrogens is 2. The van der Waals surface area contributed by atoms with Gasteiger partial charge in [-0.1, -0.05) is 23.4 Å². The smallest absolute Gasteiger partial charge is 0.437 e. The number of nitrogens with zero attached hydrogens (tertiary/aromatic N) is 5. The van der Waals surface area contributed by atoms with Crippen LogP contribution in [0, 0.1) is 5.82 Å². The van der Waals surface area contributed by atoms with Gasteiger partial charge in [-0.2, -0.15) is 0 Å². The van der Waals surface area contributed by atoms with Crippen molar-refractivity contribution in [3.8, 4) is 11.1 Å². The van der Waals surface area contributed by atoms with Gasteiger partial charge in [0.25, 0.3) is 0 Å². The summed E-state index contributed by atoms with van der Waals surface area (Å²) in [5, 5.41) is 4.09. The van der Waals surface area contributed by atoms with Gasteiger partial charge in [0.05, 0.1) is 32.0 Å². The van der Waals surface area contributed by atoms with Crippen LogP contribution in [-0.2, 0) is 20.9 Å². The summed E-state index contributed by atoms with van der Waals surface area (Å²) in [5.41, 5.74) is 12.0. The Morgan fingerprint density at radius 1 is 1.26 bits per heavy atom. The van der Waals surface area contributed by atoms with Crippen molar-refractivity contribution in [3.05, 3.63) is 42.0 Å². The maximum Gasteiger partial charge on any atom is 0.437 e. The molecule has 4 rings (SSSR count). The van der Waals surface area contributed by atoms with Crippen molar-refractivity contribution in [1.82, 2.24) is 9.97 Å². The van der Waals surface area contributed by atoms with Crippen LogP contribution in [-0.4, -0.2) is 60.1 Å². The lowest BCUT2D eigenvalue weighted by molar-refractivity contribution is -0.129. The lowest BCUT2D eigenvalue weighted by Crippen LogP contribution is -2.49. The number of rotatable bonds is 6. The molecule has 4 N–H and O–H groups in total. The van der Waals surface area contributed by atoms with Crippen LogP contribution in [0.1, 0.15) is 5.56 Å². The van der Waals surface area contributed by atoms with Crippen LogP contribution in [0.4, 0.5) is 15.1 Å². The zero-order valence-electron chi connectivity index (χ0n) is 16.4. The number of ether oxygens (including phenoxy) is 2. The molecule has 1 amide bonds. The Bertz CT molecular complexity index is 1010. The quantitative estimate of drug-likeness (QED) is 0.386. The Kier molecular flexibility index (Phi) is 5.89. The molecule has 2 saturated heterocycles. The van der Waals surface area contributed by atoms with Crippen molar-refractivity contribution >= 4 is 23.7 Å². The van der Waals surface area contributed by atoms with Gasteiger partial charge in [-0.05, 0) is 0 Å². The lowest BCUT2D eigenvalue weighted by atomic mass is 10.1. The van der Waals surface area contributed by atoms with E-state index in [-0.39, 0.29) is 23.8 Å². The summed E-state index contributed by atoms with van der Waals surface area (Å²) in [4.78, 5) is 30.5. The summed E-state index contributed by atoms with van der Waals surface area (Å²) in [6.07, 6.45) is 2.11. The minimum Gasteiger partial charge on any atom is -0.443 e. The number of oxime groups is 1. The molecule has 0 saturated carbocycles. The normalized spacial score (nSPS) is 15.5. The Morgan fingerprint density at radius 3 is 2.65 bits per heavy atom. The average molecular weight is 429 g/mol. The summed E-state index contributed by atoms with van der Waals surface area (Å²) in [6, 6.07) is 4.72. The molecule has 1 aromatic carbocycles. The zero-order chi connectivity index (χ0) is 21.8. The van der Waals surface area contributed by atoms with Gasteiger partial charge in [0.15, 0.2) is 12.1 Å². The topological polar surface area (TPSA) is 151 Å². The summed E-state index contributed by atoms with van der Waals surface area (Å²) in [6.45, 7) is 1.96. The van der Waals surface area contributed by atoms with Gasteiger partial charge in [-0.3, -0.25) is 0 Å². The van der Waals surface area contributed by atoms with Gasteiger partial charge in [0.1, 0.15) is 12.4 Å². The highest BCUT2D eigenvalue weighted by Crippen LogP contribution is 2.26. The van der Waals surface area contributed by atoms with E-state index in [2.05, 4.69) is 20.1 Å². The third-order valence-corrected chi connectivity index (χ3v) is 4.57. The fourth-order valence-electron chi connectivity index (χ4n) is 2.83. The molecule has 2 aromatic rings. The minimum atomic E-state index is -0.999. The molecule has 3 heterocycles. The first-order valence-electron chi connectivity index (χ1n) is 9.40. The van der Waals surface area contributed by atoms with Gasteiger partial charge in [-0.15, -0.1) is 4.99 Å². The first-order valence-corrected chi connectivity index (χ1v) is 9.40. The van der Waals surface area contributed by atoms with Crippen LogP contribution in [0.2, 0.25) is 0 Å². The van der Waals surface area contributed by atoms with Crippen LogP contribution in [0.15, 0.2) is 40.7 Å². The number of anilines is 1. The van der Waals surface area contributed by atoms with Crippen molar-refractivity contribution in [2.75, 3.05) is 31.2 Å². The van der Waals surface area contributed by atoms with Gasteiger partial charge in [0, 0.05) is 29.1 Å². The molecule has 11 nitrogen and oxygen atoms in total. The predicted octanol–water partition coefficient (Wildman–Crippen LogP) is 0.784. The van der Waals surface area contributed by atoms with Crippen LogP contribution >= 0.6 is 0 Å². The van der Waals surface area contributed by atoms with Crippen molar-refractivity contribution in [3.63, 3.8) is 0 Å². The molecule has 12 heteroatoms. The number of nitrogens with two attached hydrogens (primary N) is 2. The first kappa shape index (κ1) is 20.5. The standard InChI is InChI=1S/C19H20FN7O4/c20-16-11(8-30-19(28)25-17(21)22)2-1-3-15(16)12-4-23-18(24-5-12)27-6-13(7-27)26-31-14-9-29-10-14/h1-5,14H,6-10H2,(H4,21,22,25,28). The molecule has 0 bridgehead atoms. The number of hydrogen-bond acceptors (Lipinski definition) is 8. The van der Waals surface area contributed by atoms with E-state index in [1.54, 1.807) is 12.1 Å². The number of amides is 1. The molecule has 2 aliphatic heterocycles. The van der Waals surface area contributed by atoms with Crippen LogP contribution in [0.3, 0.4) is 0 Å². The molecular weight excluding hydrogens is 409 g/mol. The largest absolute Gasteiger partial charge is 0.443 e. The van der Waals surface area contributed by atoms with E-state index < -0.39 is 17.9 Å². The Balaban J connectivity index is 1.38. The number of carbonyl (C=O) groups excluding carboxylic acids is 1. The minimum absolute atomic E-state index is 0.0396. The van der Waals surface area contributed by atoms with Crippen molar-refractivity contribution in [1.29, 1.82) is 0 Å². The van der Waals surface area contributed by atoms with Crippen LogP contribution in [0.25, 0.3) is 11.1 Å². The van der Waals surface area contributed by atoms with Gasteiger partial charge in [-0.25, -0.2) is 19.2 Å². The van der Waals surface area contributed by atoms with Crippen molar-refractivity contribution < 1.29 is 23.5 Å². The molecule has 2 fully saturated rings. The van der Waals surface area contributed by atoms with Gasteiger partial charge >= 0.3 is 6.09 Å². The monoisotopic (exact) mass is 429 g/mol. The second-order valence-electron chi connectivity index (χ2n) is 6.92. The number of hydrogen-bond donors (Lipinski definition) is 2. The van der Waals surface area contributed by atoms with Crippen LogP contribution in [0.5, 0.6) is 0 Å². The molecule has 0 radical (unpaired) electrons. The Hall–Kier alpha value is -3.80. The molecular formula is C19H20FN7O4. The molecule has 0 unspecified atom stereocenters. The van der Waals surface area contributed by atoms with Gasteiger partial charge < -0.3 is 30.7 Å². The molecule has 162 valence electrons. The summed E-state index contributed by atoms with van der Waals surface area (Å²) < 4.78 is 24.7. The first-order chi connectivity index (χ1) is 15.0. The molecule has 1 aromatic heterocycles. The van der Waals surface area contributed by atoms with E-state index in [0.29, 0.717) is 37.8 Å². The third kappa shape index (κ3) is 4.86. The van der Waals surface area contributed by atoms with E-state index >= 15 is 0 Å². The Morgan fingerprint density at radius 2 is 2.00 bits per heavy atom. The second-order valence-corrected chi connectivity index (χ2v) is 6.92. The predicted molar refractivity (Wildman–Crippen MR) is 109 cm³/mol. The average Bonchev–Trinajstić information content (AvgIpc) is 2.67. The fourth-order valence-corrected chi connectivity index (χ4v) is 2.83. The second kappa shape index (κ2) is 8.92. The third-order valence-electron chi connectivity index (χ3n) is 4.57. The number of benzene rings is 1. The summed E-state index contributed by atoms with van der Waals surface area (Å²) in [5.74, 6) is -0.471. The number of aliphatic imine (C=N–C) groups is 1. The van der Waals surface area contributed by atoms with E-state index in [0.717, 1.165) is 5.71 Å². The molecule has 31 heavy (non-hydrogen) atoms. The summed E-state index contributed by atoms with van der Waals surface area (Å²) in [7, 11) is 0. The maximum atomic E-state index is 14.9. The number of guanidine groups is 1. The SMILES string of the molecule is NC(N)=NC(=O)OCc1cccc(-c2cnc(N3CC(=NOC4COC4)C3)nc2)c1F. The highest BCUT2D eigenvalue weighted by Gasteiger charge is 2.27. The fraction of sp³-hybridized carbons (Fsp3) is 0.316. The highest BCUT2D eigenvalue weighted by atomic mass is 19.1. The van der Waals surface area contributed by atoms with Crippen LogP contribution < -0.4 is 16.4 Å². The van der Waals surface area contributed by atoms with E-state index in [4.69, 9.17) is 25.8 Å². The number of halogens is 1. The van der Waals surface area contributed by atoms with Gasteiger partial charge in [0.2, 0.25) is 5.95 Å². The molecule has 0 spiro atoms. The lowest BCUT2D eigenvalue weighted by Gasteiger charge is -2.33.